The summed E-state index contributed by atoms with van der Waals surface area (Å²) in [5.74, 6) is 0. The minimum absolute atomic E-state index is 0.136. The topological polar surface area (TPSA) is 20.2 Å². The van der Waals surface area contributed by atoms with Crippen LogP contribution in [0.25, 0.3) is 0 Å². The fourth-order valence-electron chi connectivity index (χ4n) is 1.77. The lowest BCUT2D eigenvalue weighted by molar-refractivity contribution is 0.218. The summed E-state index contributed by atoms with van der Waals surface area (Å²) >= 11 is 0. The SMILES string of the molecule is Cc1cc(C)c(C(C)(C)CO)cc1C. The molecule has 0 heterocycles. The zero-order chi connectivity index (χ0) is 10.9. The molecular weight excluding hydrogens is 172 g/mol. The molecule has 0 saturated carbocycles. The van der Waals surface area contributed by atoms with E-state index in [4.69, 9.17) is 0 Å². The molecule has 1 nitrogen and oxygen atoms in total. The van der Waals surface area contributed by atoms with Gasteiger partial charge < -0.3 is 5.11 Å². The van der Waals surface area contributed by atoms with Gasteiger partial charge in [-0.1, -0.05) is 26.0 Å². The standard InChI is InChI=1S/C13H20O/c1-9-6-11(3)12(7-10(9)2)13(4,5)8-14/h6-7,14H,8H2,1-5H3. The van der Waals surface area contributed by atoms with Crippen molar-refractivity contribution in [2.24, 2.45) is 0 Å². The van der Waals surface area contributed by atoms with E-state index in [1.807, 2.05) is 0 Å². The number of aliphatic hydroxyl groups is 1. The van der Waals surface area contributed by atoms with Crippen molar-refractivity contribution >= 4 is 0 Å². The zero-order valence-electron chi connectivity index (χ0n) is 9.81. The first-order chi connectivity index (χ1) is 6.38. The lowest BCUT2D eigenvalue weighted by atomic mass is 9.81. The third kappa shape index (κ3) is 1.98. The van der Waals surface area contributed by atoms with Crippen molar-refractivity contribution in [3.05, 3.63) is 34.4 Å². The van der Waals surface area contributed by atoms with Crippen LogP contribution in [-0.2, 0) is 5.41 Å². The Balaban J connectivity index is 3.29. The maximum atomic E-state index is 9.33. The van der Waals surface area contributed by atoms with Crippen molar-refractivity contribution in [3.8, 4) is 0 Å². The summed E-state index contributed by atoms with van der Waals surface area (Å²) in [5, 5.41) is 9.33. The highest BCUT2D eigenvalue weighted by Crippen LogP contribution is 2.27. The number of aliphatic hydroxyl groups excluding tert-OH is 1. The van der Waals surface area contributed by atoms with E-state index in [2.05, 4.69) is 46.8 Å². The average Bonchev–Trinajstić information content (AvgIpc) is 2.11. The summed E-state index contributed by atoms with van der Waals surface area (Å²) < 4.78 is 0. The fraction of sp³-hybridized carbons (Fsp3) is 0.538. The molecule has 0 radical (unpaired) electrons. The first-order valence-electron chi connectivity index (χ1n) is 5.07. The summed E-state index contributed by atoms with van der Waals surface area (Å²) in [6.45, 7) is 10.7. The van der Waals surface area contributed by atoms with Gasteiger partial charge in [0.15, 0.2) is 0 Å². The van der Waals surface area contributed by atoms with E-state index >= 15 is 0 Å². The lowest BCUT2D eigenvalue weighted by Crippen LogP contribution is -2.23. The van der Waals surface area contributed by atoms with E-state index in [1.165, 1.54) is 22.3 Å². The third-order valence-corrected chi connectivity index (χ3v) is 2.97. The van der Waals surface area contributed by atoms with Gasteiger partial charge in [0.05, 0.1) is 6.61 Å². The summed E-state index contributed by atoms with van der Waals surface area (Å²) in [4.78, 5) is 0. The Hall–Kier alpha value is -0.820. The van der Waals surface area contributed by atoms with Crippen molar-refractivity contribution in [1.82, 2.24) is 0 Å². The van der Waals surface area contributed by atoms with Crippen LogP contribution in [0.4, 0.5) is 0 Å². The number of hydrogen-bond acceptors (Lipinski definition) is 1. The van der Waals surface area contributed by atoms with Crippen LogP contribution in [0.2, 0.25) is 0 Å². The molecule has 1 aromatic rings. The zero-order valence-corrected chi connectivity index (χ0v) is 9.81. The van der Waals surface area contributed by atoms with Gasteiger partial charge in [-0.25, -0.2) is 0 Å². The van der Waals surface area contributed by atoms with Gasteiger partial charge in [0, 0.05) is 5.41 Å². The molecule has 0 aromatic heterocycles. The van der Waals surface area contributed by atoms with Gasteiger partial charge in [-0.15, -0.1) is 0 Å². The smallest absolute Gasteiger partial charge is 0.0522 e. The number of aryl methyl sites for hydroxylation is 3. The van der Waals surface area contributed by atoms with Crippen LogP contribution in [0.1, 0.15) is 36.1 Å². The molecule has 0 unspecified atom stereocenters. The quantitative estimate of drug-likeness (QED) is 0.764. The fourth-order valence-corrected chi connectivity index (χ4v) is 1.77. The van der Waals surface area contributed by atoms with Gasteiger partial charge >= 0.3 is 0 Å². The molecule has 0 aliphatic heterocycles. The summed E-state index contributed by atoms with van der Waals surface area (Å²) in [7, 11) is 0. The minimum atomic E-state index is -0.136. The van der Waals surface area contributed by atoms with Crippen molar-refractivity contribution in [2.75, 3.05) is 6.61 Å². The molecule has 0 aliphatic rings. The highest BCUT2D eigenvalue weighted by atomic mass is 16.3. The van der Waals surface area contributed by atoms with Crippen LogP contribution in [-0.4, -0.2) is 11.7 Å². The second-order valence-corrected chi connectivity index (χ2v) is 4.79. The van der Waals surface area contributed by atoms with Gasteiger partial charge in [-0.05, 0) is 43.0 Å². The van der Waals surface area contributed by atoms with Crippen LogP contribution in [0, 0.1) is 20.8 Å². The molecule has 0 bridgehead atoms. The van der Waals surface area contributed by atoms with Gasteiger partial charge in [0.1, 0.15) is 0 Å². The molecule has 1 aromatic carbocycles. The molecule has 78 valence electrons. The van der Waals surface area contributed by atoms with E-state index in [9.17, 15) is 5.11 Å². The maximum Gasteiger partial charge on any atom is 0.0522 e. The molecule has 1 rings (SSSR count). The van der Waals surface area contributed by atoms with Crippen LogP contribution < -0.4 is 0 Å². The van der Waals surface area contributed by atoms with Crippen molar-refractivity contribution in [3.63, 3.8) is 0 Å². The largest absolute Gasteiger partial charge is 0.395 e. The van der Waals surface area contributed by atoms with Gasteiger partial charge in [-0.3, -0.25) is 0 Å². The van der Waals surface area contributed by atoms with E-state index < -0.39 is 0 Å². The monoisotopic (exact) mass is 192 g/mol. The first-order valence-corrected chi connectivity index (χ1v) is 5.07. The number of rotatable bonds is 2. The second kappa shape index (κ2) is 3.74. The molecule has 14 heavy (non-hydrogen) atoms. The predicted octanol–water partition coefficient (Wildman–Crippen LogP) is 2.88. The Bertz CT molecular complexity index is 337. The Morgan fingerprint density at radius 2 is 1.50 bits per heavy atom. The maximum absolute atomic E-state index is 9.33. The van der Waals surface area contributed by atoms with Gasteiger partial charge in [0.2, 0.25) is 0 Å². The summed E-state index contributed by atoms with van der Waals surface area (Å²) in [5.41, 5.74) is 5.00. The van der Waals surface area contributed by atoms with E-state index in [0.29, 0.717) is 0 Å². The molecule has 0 atom stereocenters. The third-order valence-electron chi connectivity index (χ3n) is 2.97. The Labute approximate surface area is 86.8 Å². The van der Waals surface area contributed by atoms with E-state index in [-0.39, 0.29) is 12.0 Å². The van der Waals surface area contributed by atoms with Gasteiger partial charge in [0.25, 0.3) is 0 Å². The molecule has 0 spiro atoms. The predicted molar refractivity (Wildman–Crippen MR) is 60.8 cm³/mol. The molecule has 0 saturated heterocycles. The van der Waals surface area contributed by atoms with Gasteiger partial charge in [-0.2, -0.15) is 0 Å². The second-order valence-electron chi connectivity index (χ2n) is 4.79. The molecule has 1 heteroatoms. The summed E-state index contributed by atoms with van der Waals surface area (Å²) in [6.07, 6.45) is 0. The average molecular weight is 192 g/mol. The Morgan fingerprint density at radius 1 is 1.00 bits per heavy atom. The molecule has 0 amide bonds. The van der Waals surface area contributed by atoms with Crippen molar-refractivity contribution < 1.29 is 5.11 Å². The van der Waals surface area contributed by atoms with Crippen LogP contribution in [0.5, 0.6) is 0 Å². The number of hydrogen-bond donors (Lipinski definition) is 1. The van der Waals surface area contributed by atoms with Crippen molar-refractivity contribution in [2.45, 2.75) is 40.0 Å². The number of benzene rings is 1. The Kier molecular flexibility index (Phi) is 3.01. The molecule has 0 aliphatic carbocycles. The molecule has 0 fully saturated rings. The highest BCUT2D eigenvalue weighted by molar-refractivity contribution is 5.40. The Morgan fingerprint density at radius 3 is 2.00 bits per heavy atom. The molecule has 1 N–H and O–H groups in total. The van der Waals surface area contributed by atoms with Crippen molar-refractivity contribution in [1.29, 1.82) is 0 Å². The summed E-state index contributed by atoms with van der Waals surface area (Å²) in [6, 6.07) is 4.39. The lowest BCUT2D eigenvalue weighted by Gasteiger charge is -2.25. The molecular formula is C13H20O. The first kappa shape index (κ1) is 11.3. The van der Waals surface area contributed by atoms with E-state index in [1.54, 1.807) is 0 Å². The van der Waals surface area contributed by atoms with Crippen LogP contribution >= 0.6 is 0 Å². The normalized spacial score (nSPS) is 11.9. The van der Waals surface area contributed by atoms with E-state index in [0.717, 1.165) is 0 Å². The van der Waals surface area contributed by atoms with Crippen LogP contribution in [0.3, 0.4) is 0 Å². The highest BCUT2D eigenvalue weighted by Gasteiger charge is 2.21. The minimum Gasteiger partial charge on any atom is -0.395 e. The van der Waals surface area contributed by atoms with Crippen LogP contribution in [0.15, 0.2) is 12.1 Å².